The maximum absolute atomic E-state index is 11.1. The second-order valence-electron chi connectivity index (χ2n) is 2.47. The van der Waals surface area contributed by atoms with Crippen molar-refractivity contribution in [3.63, 3.8) is 0 Å². The van der Waals surface area contributed by atoms with E-state index in [1.807, 2.05) is 0 Å². The Kier molecular flexibility index (Phi) is 3.53. The number of tetrazole rings is 1. The molecular formula is C6H10N6O2. The smallest absolute Gasteiger partial charge is 0.292 e. The molecule has 0 bridgehead atoms. The maximum atomic E-state index is 11.1. The molecule has 0 aliphatic rings. The zero-order valence-electron chi connectivity index (χ0n) is 7.57. The van der Waals surface area contributed by atoms with E-state index in [0.29, 0.717) is 13.1 Å². The first-order valence-corrected chi connectivity index (χ1v) is 3.96. The quantitative estimate of drug-likeness (QED) is 0.487. The van der Waals surface area contributed by atoms with Gasteiger partial charge in [0.05, 0.1) is 0 Å². The van der Waals surface area contributed by atoms with E-state index in [9.17, 15) is 9.59 Å². The van der Waals surface area contributed by atoms with E-state index >= 15 is 0 Å². The van der Waals surface area contributed by atoms with Crippen LogP contribution in [0, 0.1) is 0 Å². The van der Waals surface area contributed by atoms with Crippen molar-refractivity contribution in [2.45, 2.75) is 6.92 Å². The zero-order chi connectivity index (χ0) is 10.4. The molecule has 2 amide bonds. The molecule has 8 nitrogen and oxygen atoms in total. The third-order valence-corrected chi connectivity index (χ3v) is 1.33. The maximum Gasteiger partial charge on any atom is 0.292 e. The number of aromatic amines is 1. The van der Waals surface area contributed by atoms with Crippen LogP contribution in [0.15, 0.2) is 0 Å². The second-order valence-corrected chi connectivity index (χ2v) is 2.47. The normalized spacial score (nSPS) is 9.50. The largest absolute Gasteiger partial charge is 0.355 e. The highest BCUT2D eigenvalue weighted by Crippen LogP contribution is 1.80. The standard InChI is InChI=1S/C6H10N6O2/c1-4(13)7-2-3-8-6(14)5-9-11-12-10-5/h2-3H2,1H3,(H,7,13)(H,8,14)(H,9,10,11,12). The Hall–Kier alpha value is -1.99. The Morgan fingerprint density at radius 3 is 2.64 bits per heavy atom. The summed E-state index contributed by atoms with van der Waals surface area (Å²) in [5.41, 5.74) is 0. The fraction of sp³-hybridized carbons (Fsp3) is 0.500. The van der Waals surface area contributed by atoms with Crippen LogP contribution in [0.3, 0.4) is 0 Å². The average molecular weight is 198 g/mol. The van der Waals surface area contributed by atoms with Crippen LogP contribution in [0.2, 0.25) is 0 Å². The fourth-order valence-electron chi connectivity index (χ4n) is 0.752. The molecule has 3 N–H and O–H groups in total. The number of nitrogens with zero attached hydrogens (tertiary/aromatic N) is 3. The third-order valence-electron chi connectivity index (χ3n) is 1.33. The number of carbonyl (C=O) groups is 2. The van der Waals surface area contributed by atoms with Crippen molar-refractivity contribution in [2.24, 2.45) is 0 Å². The topological polar surface area (TPSA) is 113 Å². The van der Waals surface area contributed by atoms with Crippen molar-refractivity contribution in [3.8, 4) is 0 Å². The van der Waals surface area contributed by atoms with Gasteiger partial charge in [0, 0.05) is 20.0 Å². The summed E-state index contributed by atoms with van der Waals surface area (Å²) in [6, 6.07) is 0. The number of hydrogen-bond donors (Lipinski definition) is 3. The summed E-state index contributed by atoms with van der Waals surface area (Å²) in [4.78, 5) is 21.6. The van der Waals surface area contributed by atoms with Crippen LogP contribution in [0.1, 0.15) is 17.5 Å². The summed E-state index contributed by atoms with van der Waals surface area (Å²) >= 11 is 0. The highest BCUT2D eigenvalue weighted by molar-refractivity contribution is 5.90. The number of nitrogens with one attached hydrogen (secondary N) is 3. The molecule has 0 fully saturated rings. The Morgan fingerprint density at radius 2 is 2.07 bits per heavy atom. The van der Waals surface area contributed by atoms with Gasteiger partial charge < -0.3 is 10.6 Å². The van der Waals surface area contributed by atoms with Crippen LogP contribution in [0.25, 0.3) is 0 Å². The molecule has 1 heterocycles. The van der Waals surface area contributed by atoms with Gasteiger partial charge in [-0.1, -0.05) is 0 Å². The lowest BCUT2D eigenvalue weighted by atomic mass is 10.5. The monoisotopic (exact) mass is 198 g/mol. The van der Waals surface area contributed by atoms with Gasteiger partial charge in [-0.3, -0.25) is 9.59 Å². The van der Waals surface area contributed by atoms with Gasteiger partial charge in [-0.2, -0.15) is 5.21 Å². The predicted molar refractivity (Wildman–Crippen MR) is 45.2 cm³/mol. The van der Waals surface area contributed by atoms with E-state index in [4.69, 9.17) is 0 Å². The van der Waals surface area contributed by atoms with Gasteiger partial charge in [-0.05, 0) is 5.21 Å². The van der Waals surface area contributed by atoms with Crippen LogP contribution >= 0.6 is 0 Å². The second kappa shape index (κ2) is 4.90. The summed E-state index contributed by atoms with van der Waals surface area (Å²) in [6.07, 6.45) is 0. The zero-order valence-corrected chi connectivity index (χ0v) is 7.57. The Bertz CT molecular complexity index is 308. The minimum Gasteiger partial charge on any atom is -0.355 e. The summed E-state index contributed by atoms with van der Waals surface area (Å²) in [7, 11) is 0. The molecule has 0 saturated heterocycles. The van der Waals surface area contributed by atoms with Gasteiger partial charge in [0.1, 0.15) is 0 Å². The van der Waals surface area contributed by atoms with Gasteiger partial charge in [-0.25, -0.2) is 0 Å². The van der Waals surface area contributed by atoms with E-state index in [1.165, 1.54) is 6.92 Å². The number of amides is 2. The molecule has 0 spiro atoms. The van der Waals surface area contributed by atoms with Crippen molar-refractivity contribution in [3.05, 3.63) is 5.82 Å². The molecule has 76 valence electrons. The van der Waals surface area contributed by atoms with E-state index in [0.717, 1.165) is 0 Å². The minimum absolute atomic E-state index is 0.0205. The van der Waals surface area contributed by atoms with E-state index < -0.39 is 5.91 Å². The number of rotatable bonds is 4. The lowest BCUT2D eigenvalue weighted by Gasteiger charge is -2.02. The molecule has 0 atom stereocenters. The summed E-state index contributed by atoms with van der Waals surface area (Å²) in [6.45, 7) is 2.10. The molecule has 0 unspecified atom stereocenters. The van der Waals surface area contributed by atoms with E-state index in [2.05, 4.69) is 31.3 Å². The number of H-pyrrole nitrogens is 1. The first-order valence-electron chi connectivity index (χ1n) is 3.96. The molecule has 1 aromatic rings. The third kappa shape index (κ3) is 3.17. The highest BCUT2D eigenvalue weighted by Gasteiger charge is 2.08. The molecule has 1 aromatic heterocycles. The number of carbonyl (C=O) groups excluding carboxylic acids is 2. The molecule has 14 heavy (non-hydrogen) atoms. The molecule has 8 heteroatoms. The Morgan fingerprint density at radius 1 is 1.36 bits per heavy atom. The van der Waals surface area contributed by atoms with Gasteiger partial charge >= 0.3 is 0 Å². The minimum atomic E-state index is -0.427. The van der Waals surface area contributed by atoms with E-state index in [-0.39, 0.29) is 11.7 Å². The highest BCUT2D eigenvalue weighted by atomic mass is 16.2. The molecule has 0 aliphatic carbocycles. The van der Waals surface area contributed by atoms with Gasteiger partial charge in [0.2, 0.25) is 5.91 Å². The van der Waals surface area contributed by atoms with Crippen LogP contribution in [0.5, 0.6) is 0 Å². The van der Waals surface area contributed by atoms with Crippen molar-refractivity contribution in [1.29, 1.82) is 0 Å². The molecule has 1 rings (SSSR count). The fourth-order valence-corrected chi connectivity index (χ4v) is 0.752. The van der Waals surface area contributed by atoms with Crippen LogP contribution in [0.4, 0.5) is 0 Å². The molecular weight excluding hydrogens is 188 g/mol. The SMILES string of the molecule is CC(=O)NCCNC(=O)c1nn[nH]n1. The van der Waals surface area contributed by atoms with Crippen molar-refractivity contribution < 1.29 is 9.59 Å². The first kappa shape index (κ1) is 10.1. The summed E-state index contributed by atoms with van der Waals surface area (Å²) in [5, 5.41) is 17.4. The number of aromatic nitrogens is 4. The van der Waals surface area contributed by atoms with Crippen molar-refractivity contribution in [2.75, 3.05) is 13.1 Å². The van der Waals surface area contributed by atoms with Gasteiger partial charge in [0.25, 0.3) is 11.7 Å². The number of hydrogen-bond acceptors (Lipinski definition) is 5. The molecule has 0 saturated carbocycles. The molecule has 0 aromatic carbocycles. The Labute approximate surface area is 79.5 Å². The first-order chi connectivity index (χ1) is 6.70. The predicted octanol–water partition coefficient (Wildman–Crippen LogP) is -1.93. The van der Waals surface area contributed by atoms with Gasteiger partial charge in [-0.15, -0.1) is 10.2 Å². The summed E-state index contributed by atoms with van der Waals surface area (Å²) < 4.78 is 0. The van der Waals surface area contributed by atoms with Crippen LogP contribution < -0.4 is 10.6 Å². The lowest BCUT2D eigenvalue weighted by Crippen LogP contribution is -2.34. The lowest BCUT2D eigenvalue weighted by molar-refractivity contribution is -0.118. The van der Waals surface area contributed by atoms with Crippen molar-refractivity contribution >= 4 is 11.8 Å². The van der Waals surface area contributed by atoms with Crippen molar-refractivity contribution in [1.82, 2.24) is 31.3 Å². The van der Waals surface area contributed by atoms with E-state index in [1.54, 1.807) is 0 Å². The van der Waals surface area contributed by atoms with Crippen LogP contribution in [-0.2, 0) is 4.79 Å². The molecule has 0 radical (unpaired) electrons. The average Bonchev–Trinajstić information content (AvgIpc) is 2.64. The molecule has 0 aliphatic heterocycles. The van der Waals surface area contributed by atoms with Gasteiger partial charge in [0.15, 0.2) is 0 Å². The van der Waals surface area contributed by atoms with Crippen LogP contribution in [-0.4, -0.2) is 45.5 Å². The Balaban J connectivity index is 2.19. The summed E-state index contributed by atoms with van der Waals surface area (Å²) in [5.74, 6) is -0.587.